The molecule has 0 aliphatic heterocycles. The van der Waals surface area contributed by atoms with E-state index in [2.05, 4.69) is 25.6 Å². The van der Waals surface area contributed by atoms with Crippen LogP contribution < -0.4 is 10.6 Å². The molecule has 5 aromatic rings. The Morgan fingerprint density at radius 2 is 1.69 bits per heavy atom. The van der Waals surface area contributed by atoms with Crippen LogP contribution in [0.2, 0.25) is 0 Å². The third-order valence-corrected chi connectivity index (χ3v) is 6.39. The van der Waals surface area contributed by atoms with Crippen molar-refractivity contribution in [2.24, 2.45) is 0 Å². The second kappa shape index (κ2) is 10.9. The average Bonchev–Trinajstić information content (AvgIpc) is 2.93. The molecule has 0 aliphatic rings. The van der Waals surface area contributed by atoms with Crippen molar-refractivity contribution in [3.05, 3.63) is 95.7 Å². The van der Waals surface area contributed by atoms with E-state index in [1.165, 1.54) is 49.6 Å². The Labute approximate surface area is 236 Å². The van der Waals surface area contributed by atoms with Gasteiger partial charge in [-0.3, -0.25) is 14.9 Å². The molecule has 0 radical (unpaired) electrons. The number of nitrogens with zero attached hydrogens (tertiary/aromatic N) is 3. The topological polar surface area (TPSA) is 117 Å². The lowest BCUT2D eigenvalue weighted by Crippen LogP contribution is -2.13. The molecule has 0 bridgehead atoms. The number of amides is 2. The molecule has 0 spiro atoms. The van der Waals surface area contributed by atoms with Crippen LogP contribution in [0.15, 0.2) is 73.1 Å². The third kappa shape index (κ3) is 5.73. The highest BCUT2D eigenvalue weighted by Gasteiger charge is 2.30. The summed E-state index contributed by atoms with van der Waals surface area (Å²) < 4.78 is 53.0. The monoisotopic (exact) mass is 575 g/mol. The van der Waals surface area contributed by atoms with Crippen molar-refractivity contribution in [2.75, 3.05) is 10.6 Å². The third-order valence-electron chi connectivity index (χ3n) is 6.39. The number of anilines is 2. The van der Waals surface area contributed by atoms with Crippen molar-refractivity contribution in [2.45, 2.75) is 20.0 Å². The van der Waals surface area contributed by atoms with Gasteiger partial charge in [-0.25, -0.2) is 15.0 Å². The lowest BCUT2D eigenvalue weighted by atomic mass is 9.92. The molecule has 2 aromatic heterocycles. The largest absolute Gasteiger partial charge is 0.507 e. The predicted molar refractivity (Wildman–Crippen MR) is 148 cm³/mol. The van der Waals surface area contributed by atoms with Gasteiger partial charge >= 0.3 is 6.18 Å². The lowest BCUT2D eigenvalue weighted by Gasteiger charge is -2.16. The molecule has 0 fully saturated rings. The number of alkyl halides is 3. The molecule has 0 aliphatic carbocycles. The Morgan fingerprint density at radius 3 is 2.38 bits per heavy atom. The van der Waals surface area contributed by atoms with E-state index in [4.69, 9.17) is 0 Å². The molecule has 8 nitrogen and oxygen atoms in total. The van der Waals surface area contributed by atoms with Crippen molar-refractivity contribution in [3.8, 4) is 28.0 Å². The maximum atomic E-state index is 13.6. The summed E-state index contributed by atoms with van der Waals surface area (Å²) in [5.41, 5.74) is 1.32. The summed E-state index contributed by atoms with van der Waals surface area (Å²) in [4.78, 5) is 36.8. The SMILES string of the molecule is CC(=O)Nc1ncc2cc(-c3cc(C(=O)Nc4cccc(C(F)(F)F)c4)ccc3C)c(O)c(-c3ccc(F)nc3)c2n1. The fourth-order valence-electron chi connectivity index (χ4n) is 4.42. The Bertz CT molecular complexity index is 1860. The van der Waals surface area contributed by atoms with E-state index in [0.29, 0.717) is 22.1 Å². The minimum atomic E-state index is -4.57. The molecule has 212 valence electrons. The number of hydrogen-bond donors (Lipinski definition) is 3. The first-order chi connectivity index (χ1) is 19.9. The van der Waals surface area contributed by atoms with E-state index in [9.17, 15) is 32.3 Å². The number of pyridine rings is 1. The summed E-state index contributed by atoms with van der Waals surface area (Å²) >= 11 is 0. The Hall–Kier alpha value is -5.39. The molecule has 0 saturated heterocycles. The van der Waals surface area contributed by atoms with E-state index < -0.39 is 29.5 Å². The number of phenolic OH excluding ortho intramolecular Hbond substituents is 1. The standard InChI is InChI=1S/C30H21F4N5O3/c1-15-6-7-17(28(42)38-21-5-3-4-20(12-21)30(32,33)34)10-22(15)23-11-19-14-36-29(37-16(2)40)39-26(19)25(27(23)41)18-8-9-24(31)35-13-18/h3-14,41H,1-2H3,(H,38,42)(H,36,37,39,40). The predicted octanol–water partition coefficient (Wildman–Crippen LogP) is 6.74. The number of carbonyl (C=O) groups excluding carboxylic acids is 2. The van der Waals surface area contributed by atoms with Crippen molar-refractivity contribution in [3.63, 3.8) is 0 Å². The van der Waals surface area contributed by atoms with Gasteiger partial charge in [0.1, 0.15) is 5.75 Å². The minimum Gasteiger partial charge on any atom is -0.507 e. The smallest absolute Gasteiger partial charge is 0.416 e. The second-order valence-corrected chi connectivity index (χ2v) is 9.39. The van der Waals surface area contributed by atoms with Gasteiger partial charge in [0.2, 0.25) is 17.8 Å². The second-order valence-electron chi connectivity index (χ2n) is 9.39. The number of halogens is 4. The van der Waals surface area contributed by atoms with Gasteiger partial charge in [-0.2, -0.15) is 17.6 Å². The Morgan fingerprint density at radius 1 is 0.905 bits per heavy atom. The number of rotatable bonds is 5. The van der Waals surface area contributed by atoms with Gasteiger partial charge in [-0.1, -0.05) is 12.1 Å². The van der Waals surface area contributed by atoms with Crippen molar-refractivity contribution < 1.29 is 32.3 Å². The molecule has 42 heavy (non-hydrogen) atoms. The highest BCUT2D eigenvalue weighted by atomic mass is 19.4. The number of carbonyl (C=O) groups is 2. The zero-order valence-corrected chi connectivity index (χ0v) is 22.0. The summed E-state index contributed by atoms with van der Waals surface area (Å²) in [6.07, 6.45) is -1.91. The van der Waals surface area contributed by atoms with E-state index in [-0.39, 0.29) is 39.6 Å². The Balaban J connectivity index is 1.62. The van der Waals surface area contributed by atoms with Crippen LogP contribution in [0, 0.1) is 12.9 Å². The van der Waals surface area contributed by atoms with Gasteiger partial charge in [0.25, 0.3) is 5.91 Å². The molecule has 3 N–H and O–H groups in total. The fourth-order valence-corrected chi connectivity index (χ4v) is 4.42. The molecule has 0 saturated carbocycles. The van der Waals surface area contributed by atoms with Crippen LogP contribution in [0.3, 0.4) is 0 Å². The molecule has 3 aromatic carbocycles. The first kappa shape index (κ1) is 28.1. The van der Waals surface area contributed by atoms with Gasteiger partial charge < -0.3 is 10.4 Å². The highest BCUT2D eigenvalue weighted by molar-refractivity contribution is 6.07. The van der Waals surface area contributed by atoms with Crippen LogP contribution in [-0.4, -0.2) is 31.9 Å². The first-order valence-electron chi connectivity index (χ1n) is 12.4. The van der Waals surface area contributed by atoms with Gasteiger partial charge in [-0.05, 0) is 66.6 Å². The highest BCUT2D eigenvalue weighted by Crippen LogP contribution is 2.44. The van der Waals surface area contributed by atoms with Gasteiger partial charge in [0.15, 0.2) is 0 Å². The number of aromatic nitrogens is 3. The number of fused-ring (bicyclic) bond motifs is 1. The number of aryl methyl sites for hydroxylation is 1. The average molecular weight is 576 g/mol. The zero-order valence-electron chi connectivity index (χ0n) is 22.0. The summed E-state index contributed by atoms with van der Waals surface area (Å²) in [5.74, 6) is -2.08. The molecule has 2 heterocycles. The molecular weight excluding hydrogens is 554 g/mol. The number of phenols is 1. The number of benzene rings is 3. The summed E-state index contributed by atoms with van der Waals surface area (Å²) in [7, 11) is 0. The van der Waals surface area contributed by atoms with E-state index in [1.807, 2.05) is 0 Å². The van der Waals surface area contributed by atoms with Gasteiger partial charge in [0, 0.05) is 47.1 Å². The summed E-state index contributed by atoms with van der Waals surface area (Å²) in [6.45, 7) is 3.04. The first-order valence-corrected chi connectivity index (χ1v) is 12.4. The zero-order chi connectivity index (χ0) is 30.2. The van der Waals surface area contributed by atoms with Crippen LogP contribution >= 0.6 is 0 Å². The quantitative estimate of drug-likeness (QED) is 0.158. The molecular formula is C30H21F4N5O3. The summed E-state index contributed by atoms with van der Waals surface area (Å²) in [5, 5.41) is 17.0. The van der Waals surface area contributed by atoms with Crippen LogP contribution in [0.5, 0.6) is 5.75 Å². The summed E-state index contributed by atoms with van der Waals surface area (Å²) in [6, 6.07) is 13.0. The van der Waals surface area contributed by atoms with Crippen LogP contribution in [0.25, 0.3) is 33.2 Å². The number of hydrogen-bond acceptors (Lipinski definition) is 6. The molecule has 0 atom stereocenters. The fraction of sp³-hybridized carbons (Fsp3) is 0.100. The minimum absolute atomic E-state index is 0.0112. The number of aromatic hydroxyl groups is 1. The van der Waals surface area contributed by atoms with E-state index >= 15 is 0 Å². The molecule has 12 heteroatoms. The maximum absolute atomic E-state index is 13.6. The lowest BCUT2D eigenvalue weighted by molar-refractivity contribution is -0.137. The van der Waals surface area contributed by atoms with E-state index in [1.54, 1.807) is 19.1 Å². The maximum Gasteiger partial charge on any atom is 0.416 e. The normalized spacial score (nSPS) is 11.4. The number of nitrogens with one attached hydrogen (secondary N) is 2. The van der Waals surface area contributed by atoms with Crippen LogP contribution in [0.1, 0.15) is 28.4 Å². The molecule has 2 amide bonds. The van der Waals surface area contributed by atoms with Gasteiger partial charge in [0.05, 0.1) is 16.6 Å². The molecule has 5 rings (SSSR count). The van der Waals surface area contributed by atoms with Gasteiger partial charge in [-0.15, -0.1) is 0 Å². The molecule has 0 unspecified atom stereocenters. The van der Waals surface area contributed by atoms with Crippen LogP contribution in [-0.2, 0) is 11.0 Å². The van der Waals surface area contributed by atoms with E-state index in [0.717, 1.165) is 18.2 Å². The van der Waals surface area contributed by atoms with Crippen molar-refractivity contribution in [1.82, 2.24) is 15.0 Å². The van der Waals surface area contributed by atoms with Crippen molar-refractivity contribution >= 4 is 34.4 Å². The Kier molecular flexibility index (Phi) is 7.29. The van der Waals surface area contributed by atoms with Crippen molar-refractivity contribution in [1.29, 1.82) is 0 Å². The van der Waals surface area contributed by atoms with Crippen LogP contribution in [0.4, 0.5) is 29.2 Å².